The van der Waals surface area contributed by atoms with Crippen molar-refractivity contribution in [2.24, 2.45) is 4.99 Å². The Bertz CT molecular complexity index is 952. The summed E-state index contributed by atoms with van der Waals surface area (Å²) in [5.74, 6) is 0.655. The maximum Gasteiger partial charge on any atom is 0.130 e. The highest BCUT2D eigenvalue weighted by Crippen LogP contribution is 2.40. The number of benzene rings is 2. The van der Waals surface area contributed by atoms with Crippen LogP contribution in [0.1, 0.15) is 25.0 Å². The van der Waals surface area contributed by atoms with Crippen molar-refractivity contribution in [1.29, 1.82) is 0 Å². The van der Waals surface area contributed by atoms with E-state index in [4.69, 9.17) is 4.99 Å². The molecule has 0 bridgehead atoms. The lowest BCUT2D eigenvalue weighted by atomic mass is 10.0. The molecule has 122 valence electrons. The van der Waals surface area contributed by atoms with Crippen LogP contribution in [0.25, 0.3) is 20.5 Å². The highest BCUT2D eigenvalue weighted by molar-refractivity contribution is 7.22. The third-order valence-electron chi connectivity index (χ3n) is 4.29. The molecule has 4 rings (SSSR count). The second-order valence-electron chi connectivity index (χ2n) is 6.99. The van der Waals surface area contributed by atoms with Crippen molar-refractivity contribution in [2.45, 2.75) is 26.3 Å². The first kappa shape index (κ1) is 15.3. The van der Waals surface area contributed by atoms with Gasteiger partial charge in [-0.2, -0.15) is 0 Å². The number of rotatable bonds is 2. The van der Waals surface area contributed by atoms with Crippen LogP contribution in [0.4, 0.5) is 4.39 Å². The number of hydrogen-bond acceptors (Lipinski definition) is 3. The highest BCUT2D eigenvalue weighted by Gasteiger charge is 2.29. The van der Waals surface area contributed by atoms with Gasteiger partial charge in [0.15, 0.2) is 0 Å². The number of thiophene rings is 1. The molecule has 0 aliphatic carbocycles. The molecule has 0 fully saturated rings. The first-order chi connectivity index (χ1) is 11.4. The van der Waals surface area contributed by atoms with Crippen LogP contribution in [-0.4, -0.2) is 17.9 Å². The Kier molecular flexibility index (Phi) is 3.46. The Balaban J connectivity index is 1.96. The van der Waals surface area contributed by atoms with E-state index in [1.54, 1.807) is 17.4 Å². The SMILES string of the molecule is Cc1ccc(-c2sc3ccc(F)cc3c2C2=NCC(C)(C)N2)cc1. The summed E-state index contributed by atoms with van der Waals surface area (Å²) < 4.78 is 14.9. The van der Waals surface area contributed by atoms with E-state index in [0.717, 1.165) is 38.5 Å². The van der Waals surface area contributed by atoms with Crippen LogP contribution in [-0.2, 0) is 0 Å². The van der Waals surface area contributed by atoms with Crippen molar-refractivity contribution < 1.29 is 4.39 Å². The van der Waals surface area contributed by atoms with Crippen LogP contribution in [0.5, 0.6) is 0 Å². The molecule has 24 heavy (non-hydrogen) atoms. The molecule has 0 saturated carbocycles. The Morgan fingerprint density at radius 2 is 1.88 bits per heavy atom. The number of fused-ring (bicyclic) bond motifs is 1. The van der Waals surface area contributed by atoms with Gasteiger partial charge in [0.2, 0.25) is 0 Å². The Labute approximate surface area is 145 Å². The lowest BCUT2D eigenvalue weighted by Gasteiger charge is -2.18. The van der Waals surface area contributed by atoms with E-state index in [-0.39, 0.29) is 11.4 Å². The first-order valence-electron chi connectivity index (χ1n) is 8.05. The van der Waals surface area contributed by atoms with Gasteiger partial charge in [0.05, 0.1) is 12.1 Å². The van der Waals surface area contributed by atoms with Gasteiger partial charge in [-0.25, -0.2) is 4.39 Å². The average molecular weight is 338 g/mol. The Morgan fingerprint density at radius 1 is 1.12 bits per heavy atom. The zero-order valence-corrected chi connectivity index (χ0v) is 14.8. The van der Waals surface area contributed by atoms with E-state index in [9.17, 15) is 4.39 Å². The summed E-state index contributed by atoms with van der Waals surface area (Å²) in [4.78, 5) is 5.84. The first-order valence-corrected chi connectivity index (χ1v) is 8.87. The largest absolute Gasteiger partial charge is 0.363 e. The quantitative estimate of drug-likeness (QED) is 0.687. The molecular formula is C20H19FN2S. The summed E-state index contributed by atoms with van der Waals surface area (Å²) in [6, 6.07) is 13.5. The van der Waals surface area contributed by atoms with Crippen molar-refractivity contribution in [3.05, 3.63) is 59.4 Å². The Hall–Kier alpha value is -2.20. The number of halogens is 1. The van der Waals surface area contributed by atoms with Crippen LogP contribution in [0.3, 0.4) is 0 Å². The molecule has 0 atom stereocenters. The fourth-order valence-corrected chi connectivity index (χ4v) is 4.22. The van der Waals surface area contributed by atoms with Crippen molar-refractivity contribution >= 4 is 27.3 Å². The van der Waals surface area contributed by atoms with E-state index in [1.807, 2.05) is 6.07 Å². The fourth-order valence-electron chi connectivity index (χ4n) is 3.03. The van der Waals surface area contributed by atoms with Gasteiger partial charge in [-0.05, 0) is 44.5 Å². The third kappa shape index (κ3) is 2.61. The molecule has 1 aromatic heterocycles. The summed E-state index contributed by atoms with van der Waals surface area (Å²) in [5, 5.41) is 4.43. The van der Waals surface area contributed by atoms with E-state index in [1.165, 1.54) is 11.6 Å². The summed E-state index contributed by atoms with van der Waals surface area (Å²) in [7, 11) is 0. The van der Waals surface area contributed by atoms with Gasteiger partial charge >= 0.3 is 0 Å². The van der Waals surface area contributed by atoms with Crippen LogP contribution in [0.15, 0.2) is 47.5 Å². The van der Waals surface area contributed by atoms with E-state index >= 15 is 0 Å². The Morgan fingerprint density at radius 3 is 2.54 bits per heavy atom. The number of nitrogens with one attached hydrogen (secondary N) is 1. The molecule has 2 nitrogen and oxygen atoms in total. The van der Waals surface area contributed by atoms with E-state index in [0.29, 0.717) is 0 Å². The van der Waals surface area contributed by atoms with Crippen LogP contribution in [0.2, 0.25) is 0 Å². The molecule has 1 aliphatic rings. The molecule has 0 radical (unpaired) electrons. The molecule has 1 aliphatic heterocycles. The lowest BCUT2D eigenvalue weighted by Crippen LogP contribution is -2.39. The summed E-state index contributed by atoms with van der Waals surface area (Å²) in [5.41, 5.74) is 3.32. The maximum atomic E-state index is 13.9. The molecule has 4 heteroatoms. The lowest BCUT2D eigenvalue weighted by molar-refractivity contribution is 0.506. The van der Waals surface area contributed by atoms with Crippen molar-refractivity contribution in [3.63, 3.8) is 0 Å². The van der Waals surface area contributed by atoms with Gasteiger partial charge in [-0.1, -0.05) is 29.8 Å². The second-order valence-corrected chi connectivity index (χ2v) is 8.04. The van der Waals surface area contributed by atoms with Crippen molar-refractivity contribution in [2.75, 3.05) is 6.54 Å². The van der Waals surface area contributed by atoms with Crippen molar-refractivity contribution in [3.8, 4) is 10.4 Å². The normalized spacial score (nSPS) is 16.2. The molecule has 2 aromatic carbocycles. The van der Waals surface area contributed by atoms with Crippen LogP contribution < -0.4 is 5.32 Å². The molecule has 2 heterocycles. The summed E-state index contributed by atoms with van der Waals surface area (Å²) in [6.07, 6.45) is 0. The molecule has 0 spiro atoms. The number of amidine groups is 1. The molecule has 0 saturated heterocycles. The van der Waals surface area contributed by atoms with E-state index < -0.39 is 0 Å². The maximum absolute atomic E-state index is 13.9. The predicted molar refractivity (Wildman–Crippen MR) is 101 cm³/mol. The monoisotopic (exact) mass is 338 g/mol. The van der Waals surface area contributed by atoms with Gasteiger partial charge in [0.1, 0.15) is 11.7 Å². The second kappa shape index (κ2) is 5.42. The van der Waals surface area contributed by atoms with Crippen LogP contribution in [0, 0.1) is 12.7 Å². The number of hydrogen-bond donors (Lipinski definition) is 1. The smallest absolute Gasteiger partial charge is 0.130 e. The summed E-state index contributed by atoms with van der Waals surface area (Å²) >= 11 is 1.69. The minimum atomic E-state index is -0.213. The fraction of sp³-hybridized carbons (Fsp3) is 0.250. The van der Waals surface area contributed by atoms with Gasteiger partial charge in [0.25, 0.3) is 0 Å². The molecule has 3 aromatic rings. The van der Waals surface area contributed by atoms with Crippen molar-refractivity contribution in [1.82, 2.24) is 5.32 Å². The zero-order valence-electron chi connectivity index (χ0n) is 14.0. The topological polar surface area (TPSA) is 24.4 Å². The molecule has 1 N–H and O–H groups in total. The average Bonchev–Trinajstić information content (AvgIpc) is 3.07. The molecule has 0 unspecified atom stereocenters. The van der Waals surface area contributed by atoms with Gasteiger partial charge in [0, 0.05) is 20.5 Å². The number of aliphatic imine (C=N–C) groups is 1. The van der Waals surface area contributed by atoms with Gasteiger partial charge in [-0.15, -0.1) is 11.3 Å². The standard InChI is InChI=1S/C20H19FN2S/c1-12-4-6-13(7-5-12)18-17(19-22-11-20(2,3)23-19)15-10-14(21)8-9-16(15)24-18/h4-10H,11H2,1-3H3,(H,22,23). The highest BCUT2D eigenvalue weighted by atomic mass is 32.1. The zero-order chi connectivity index (χ0) is 16.9. The third-order valence-corrected chi connectivity index (χ3v) is 5.51. The van der Waals surface area contributed by atoms with Gasteiger partial charge < -0.3 is 5.32 Å². The number of nitrogens with zero attached hydrogens (tertiary/aromatic N) is 1. The summed E-state index contributed by atoms with van der Waals surface area (Å²) in [6.45, 7) is 7.06. The minimum absolute atomic E-state index is 0.0680. The van der Waals surface area contributed by atoms with Gasteiger partial charge in [-0.3, -0.25) is 4.99 Å². The predicted octanol–water partition coefficient (Wildman–Crippen LogP) is 5.14. The minimum Gasteiger partial charge on any atom is -0.363 e. The van der Waals surface area contributed by atoms with E-state index in [2.05, 4.69) is 50.4 Å². The molecular weight excluding hydrogens is 319 g/mol. The number of aryl methyl sites for hydroxylation is 1. The van der Waals surface area contributed by atoms with Crippen LogP contribution >= 0.6 is 11.3 Å². The molecule has 0 amide bonds.